The van der Waals surface area contributed by atoms with Crippen LogP contribution in [0.1, 0.15) is 23.1 Å². The van der Waals surface area contributed by atoms with E-state index >= 15 is 0 Å². The molecule has 1 heterocycles. The minimum Gasteiger partial charge on any atom is -0.462 e. The maximum Gasteiger partial charge on any atom is 0.340 e. The second kappa shape index (κ2) is 6.78. The van der Waals surface area contributed by atoms with Gasteiger partial charge in [-0.3, -0.25) is 0 Å². The Balaban J connectivity index is 2.08. The number of anilines is 2. The zero-order valence-electron chi connectivity index (χ0n) is 12.3. The topological polar surface area (TPSA) is 82.2 Å². The second-order valence-corrected chi connectivity index (χ2v) is 4.62. The van der Waals surface area contributed by atoms with Crippen LogP contribution >= 0.6 is 0 Å². The molecular weight excluding hydrogens is 268 g/mol. The molecule has 3 N–H and O–H groups in total. The predicted octanol–water partition coefficient (Wildman–Crippen LogP) is 1.83. The maximum absolute atomic E-state index is 11.9. The first kappa shape index (κ1) is 14.9. The quantitative estimate of drug-likeness (QED) is 0.626. The molecule has 0 aliphatic rings. The van der Waals surface area contributed by atoms with Gasteiger partial charge >= 0.3 is 5.97 Å². The number of aryl methyl sites for hydroxylation is 1. The van der Waals surface area contributed by atoms with E-state index in [2.05, 4.69) is 10.3 Å². The van der Waals surface area contributed by atoms with Crippen molar-refractivity contribution in [2.24, 2.45) is 7.05 Å². The molecule has 0 amide bonds. The van der Waals surface area contributed by atoms with Crippen molar-refractivity contribution in [1.29, 1.82) is 0 Å². The first-order valence-electron chi connectivity index (χ1n) is 6.89. The van der Waals surface area contributed by atoms with Gasteiger partial charge in [0.15, 0.2) is 0 Å². The molecule has 21 heavy (non-hydrogen) atoms. The molecule has 0 unspecified atom stereocenters. The zero-order valence-corrected chi connectivity index (χ0v) is 12.3. The molecule has 0 saturated heterocycles. The van der Waals surface area contributed by atoms with E-state index in [-0.39, 0.29) is 5.97 Å². The molecular formula is C15H20N4O2. The van der Waals surface area contributed by atoms with Gasteiger partial charge in [-0.1, -0.05) is 6.07 Å². The number of aromatic nitrogens is 2. The molecule has 2 aromatic rings. The average molecular weight is 288 g/mol. The smallest absolute Gasteiger partial charge is 0.340 e. The lowest BCUT2D eigenvalue weighted by Gasteiger charge is -2.13. The summed E-state index contributed by atoms with van der Waals surface area (Å²) in [5.41, 5.74) is 7.55. The van der Waals surface area contributed by atoms with Gasteiger partial charge in [-0.05, 0) is 19.1 Å². The molecule has 1 aromatic heterocycles. The van der Waals surface area contributed by atoms with Crippen molar-refractivity contribution in [1.82, 2.24) is 9.55 Å². The highest BCUT2D eigenvalue weighted by atomic mass is 16.5. The molecule has 2 rings (SSSR count). The summed E-state index contributed by atoms with van der Waals surface area (Å²) < 4.78 is 7.00. The number of hydrogen-bond acceptors (Lipinski definition) is 5. The van der Waals surface area contributed by atoms with Gasteiger partial charge < -0.3 is 20.4 Å². The van der Waals surface area contributed by atoms with Gasteiger partial charge in [-0.25, -0.2) is 9.78 Å². The number of rotatable bonds is 6. The number of para-hydroxylation sites is 1. The van der Waals surface area contributed by atoms with Gasteiger partial charge in [-0.15, -0.1) is 0 Å². The van der Waals surface area contributed by atoms with E-state index in [1.807, 2.05) is 17.8 Å². The number of benzene rings is 1. The molecule has 0 aliphatic heterocycles. The lowest BCUT2D eigenvalue weighted by atomic mass is 10.1. The lowest BCUT2D eigenvalue weighted by molar-refractivity contribution is 0.0527. The second-order valence-electron chi connectivity index (χ2n) is 4.62. The highest BCUT2D eigenvalue weighted by molar-refractivity contribution is 5.98. The predicted molar refractivity (Wildman–Crippen MR) is 82.2 cm³/mol. The van der Waals surface area contributed by atoms with Crippen molar-refractivity contribution < 1.29 is 9.53 Å². The normalized spacial score (nSPS) is 10.4. The highest BCUT2D eigenvalue weighted by Gasteiger charge is 2.14. The number of ether oxygens (including phenoxy) is 1. The summed E-state index contributed by atoms with van der Waals surface area (Å²) in [6.45, 7) is 2.74. The number of carbonyl (C=O) groups excluding carboxylic acids is 1. The van der Waals surface area contributed by atoms with Gasteiger partial charge in [0.1, 0.15) is 5.82 Å². The average Bonchev–Trinajstić information content (AvgIpc) is 2.86. The van der Waals surface area contributed by atoms with Gasteiger partial charge in [0.25, 0.3) is 0 Å². The van der Waals surface area contributed by atoms with Crippen molar-refractivity contribution >= 4 is 17.3 Å². The number of carbonyl (C=O) groups is 1. The third-order valence-electron chi connectivity index (χ3n) is 3.16. The van der Waals surface area contributed by atoms with Crippen LogP contribution in [0.5, 0.6) is 0 Å². The third-order valence-corrected chi connectivity index (χ3v) is 3.16. The Labute approximate surface area is 123 Å². The maximum atomic E-state index is 11.9. The van der Waals surface area contributed by atoms with E-state index in [0.717, 1.165) is 12.2 Å². The molecule has 0 fully saturated rings. The molecule has 1 aromatic carbocycles. The molecule has 0 aliphatic carbocycles. The van der Waals surface area contributed by atoms with Gasteiger partial charge in [0.05, 0.1) is 23.5 Å². The Morgan fingerprint density at radius 3 is 2.95 bits per heavy atom. The van der Waals surface area contributed by atoms with E-state index in [9.17, 15) is 4.79 Å². The van der Waals surface area contributed by atoms with Crippen LogP contribution in [-0.2, 0) is 18.2 Å². The fourth-order valence-corrected chi connectivity index (χ4v) is 2.08. The van der Waals surface area contributed by atoms with Crippen molar-refractivity contribution in [2.75, 3.05) is 24.2 Å². The molecule has 6 heteroatoms. The number of imidazole rings is 1. The Morgan fingerprint density at radius 2 is 2.29 bits per heavy atom. The van der Waals surface area contributed by atoms with E-state index in [1.54, 1.807) is 31.3 Å². The molecule has 0 radical (unpaired) electrons. The summed E-state index contributed by atoms with van der Waals surface area (Å²) >= 11 is 0. The molecule has 112 valence electrons. The monoisotopic (exact) mass is 288 g/mol. The minimum absolute atomic E-state index is 0.334. The molecule has 0 bridgehead atoms. The number of nitrogen functional groups attached to an aromatic ring is 1. The number of nitrogens with two attached hydrogens (primary N) is 1. The van der Waals surface area contributed by atoms with Crippen molar-refractivity contribution in [3.63, 3.8) is 0 Å². The van der Waals surface area contributed by atoms with Crippen LogP contribution in [0.4, 0.5) is 11.4 Å². The van der Waals surface area contributed by atoms with Crippen LogP contribution in [0.3, 0.4) is 0 Å². The van der Waals surface area contributed by atoms with Gasteiger partial charge in [-0.2, -0.15) is 0 Å². The highest BCUT2D eigenvalue weighted by Crippen LogP contribution is 2.24. The Bertz CT molecular complexity index is 622. The van der Waals surface area contributed by atoms with Crippen LogP contribution in [-0.4, -0.2) is 28.7 Å². The lowest BCUT2D eigenvalue weighted by Crippen LogP contribution is -2.14. The molecule has 6 nitrogen and oxygen atoms in total. The van der Waals surface area contributed by atoms with E-state index in [0.29, 0.717) is 30.1 Å². The number of hydrogen-bond donors (Lipinski definition) is 2. The fourth-order valence-electron chi connectivity index (χ4n) is 2.08. The van der Waals surface area contributed by atoms with E-state index < -0.39 is 0 Å². The van der Waals surface area contributed by atoms with Gasteiger partial charge in [0.2, 0.25) is 0 Å². The van der Waals surface area contributed by atoms with E-state index in [4.69, 9.17) is 10.5 Å². The molecule has 0 saturated carbocycles. The zero-order chi connectivity index (χ0) is 15.2. The third kappa shape index (κ3) is 3.53. The summed E-state index contributed by atoms with van der Waals surface area (Å²) in [5.74, 6) is 0.596. The number of esters is 1. The van der Waals surface area contributed by atoms with Crippen LogP contribution in [0.15, 0.2) is 30.6 Å². The van der Waals surface area contributed by atoms with Crippen LogP contribution < -0.4 is 11.1 Å². The number of nitrogens with one attached hydrogen (secondary N) is 1. The molecule has 0 atom stereocenters. The van der Waals surface area contributed by atoms with Crippen LogP contribution in [0.2, 0.25) is 0 Å². The van der Waals surface area contributed by atoms with Crippen LogP contribution in [0, 0.1) is 0 Å². The SMILES string of the molecule is CCOC(=O)c1cccc(N)c1NCCc1nccn1C. The van der Waals surface area contributed by atoms with Crippen molar-refractivity contribution in [3.8, 4) is 0 Å². The summed E-state index contributed by atoms with van der Waals surface area (Å²) in [6.07, 6.45) is 4.40. The Morgan fingerprint density at radius 1 is 1.48 bits per heavy atom. The Hall–Kier alpha value is -2.50. The summed E-state index contributed by atoms with van der Waals surface area (Å²) in [4.78, 5) is 16.2. The first-order chi connectivity index (χ1) is 10.1. The van der Waals surface area contributed by atoms with Crippen LogP contribution in [0.25, 0.3) is 0 Å². The Kier molecular flexibility index (Phi) is 4.81. The fraction of sp³-hybridized carbons (Fsp3) is 0.333. The van der Waals surface area contributed by atoms with Crippen molar-refractivity contribution in [2.45, 2.75) is 13.3 Å². The van der Waals surface area contributed by atoms with E-state index in [1.165, 1.54) is 0 Å². The summed E-state index contributed by atoms with van der Waals surface area (Å²) in [5, 5.41) is 3.21. The summed E-state index contributed by atoms with van der Waals surface area (Å²) in [6, 6.07) is 5.20. The van der Waals surface area contributed by atoms with Crippen molar-refractivity contribution in [3.05, 3.63) is 42.0 Å². The first-order valence-corrected chi connectivity index (χ1v) is 6.89. The number of nitrogens with zero attached hydrogens (tertiary/aromatic N) is 2. The largest absolute Gasteiger partial charge is 0.462 e. The minimum atomic E-state index is -0.371. The molecule has 0 spiro atoms. The van der Waals surface area contributed by atoms with Gasteiger partial charge in [0, 0.05) is 32.4 Å². The standard InChI is InChI=1S/C15H20N4O2/c1-3-21-15(20)11-5-4-6-12(16)14(11)18-8-7-13-17-9-10-19(13)2/h4-6,9-10,18H,3,7-8,16H2,1-2H3. The summed E-state index contributed by atoms with van der Waals surface area (Å²) in [7, 11) is 1.95.